The summed E-state index contributed by atoms with van der Waals surface area (Å²) < 4.78 is 5.21. The predicted octanol–water partition coefficient (Wildman–Crippen LogP) is 2.05. The topological polar surface area (TPSA) is 52.3 Å². The zero-order chi connectivity index (χ0) is 11.0. The molecule has 1 saturated carbocycles. The summed E-state index contributed by atoms with van der Waals surface area (Å²) in [6.07, 6.45) is 3.24. The van der Waals surface area contributed by atoms with Crippen molar-refractivity contribution in [2.45, 2.75) is 52.7 Å². The van der Waals surface area contributed by atoms with E-state index in [-0.39, 0.29) is 11.4 Å². The van der Waals surface area contributed by atoms with Crippen LogP contribution in [0.15, 0.2) is 0 Å². The van der Waals surface area contributed by atoms with E-state index in [1.165, 1.54) is 13.3 Å². The predicted molar refractivity (Wildman–Crippen MR) is 55.5 cm³/mol. The van der Waals surface area contributed by atoms with E-state index < -0.39 is 5.72 Å². The Morgan fingerprint density at radius 3 is 2.57 bits per heavy atom. The molecule has 0 saturated heterocycles. The highest BCUT2D eigenvalue weighted by Gasteiger charge is 2.48. The lowest BCUT2D eigenvalue weighted by atomic mass is 9.78. The van der Waals surface area contributed by atoms with Gasteiger partial charge in [0.25, 0.3) is 0 Å². The van der Waals surface area contributed by atoms with Crippen LogP contribution in [-0.2, 0) is 9.53 Å². The smallest absolute Gasteiger partial charge is 0.304 e. The lowest BCUT2D eigenvalue weighted by molar-refractivity contribution is -0.169. The van der Waals surface area contributed by atoms with Gasteiger partial charge in [-0.2, -0.15) is 0 Å². The Balaban J connectivity index is 2.75. The minimum absolute atomic E-state index is 0.0713. The fraction of sp³-hybridized carbons (Fsp3) is 0.909. The molecule has 0 bridgehead atoms. The standard InChI is InChI=1S/C11H21NO2/c1-8-5-6-10(3,7-8)11(4,12)14-9(2)13/h8H,5-7,12H2,1-4H3. The van der Waals surface area contributed by atoms with Crippen molar-refractivity contribution in [1.29, 1.82) is 0 Å². The molecule has 3 unspecified atom stereocenters. The van der Waals surface area contributed by atoms with Crippen LogP contribution in [0.4, 0.5) is 0 Å². The highest BCUT2D eigenvalue weighted by molar-refractivity contribution is 5.66. The number of hydrogen-bond donors (Lipinski definition) is 1. The number of carbonyl (C=O) groups is 1. The molecule has 3 heteroatoms. The van der Waals surface area contributed by atoms with Gasteiger partial charge < -0.3 is 4.74 Å². The van der Waals surface area contributed by atoms with Crippen LogP contribution in [0.1, 0.15) is 47.0 Å². The van der Waals surface area contributed by atoms with E-state index in [0.29, 0.717) is 5.92 Å². The summed E-state index contributed by atoms with van der Waals surface area (Å²) in [5.41, 5.74) is 5.18. The molecule has 0 aliphatic heterocycles. The molecule has 1 aliphatic carbocycles. The maximum absolute atomic E-state index is 10.9. The zero-order valence-electron chi connectivity index (χ0n) is 9.59. The monoisotopic (exact) mass is 199 g/mol. The summed E-state index contributed by atoms with van der Waals surface area (Å²) in [5.74, 6) is 0.384. The van der Waals surface area contributed by atoms with Crippen LogP contribution in [0.25, 0.3) is 0 Å². The minimum atomic E-state index is -0.830. The van der Waals surface area contributed by atoms with Crippen LogP contribution in [0.3, 0.4) is 0 Å². The number of rotatable bonds is 2. The van der Waals surface area contributed by atoms with Crippen LogP contribution >= 0.6 is 0 Å². The van der Waals surface area contributed by atoms with Gasteiger partial charge in [0.1, 0.15) is 0 Å². The van der Waals surface area contributed by atoms with Crippen LogP contribution < -0.4 is 5.73 Å². The third-order valence-electron chi connectivity index (χ3n) is 3.54. The van der Waals surface area contributed by atoms with Gasteiger partial charge >= 0.3 is 5.97 Å². The number of carbonyl (C=O) groups excluding carboxylic acids is 1. The summed E-state index contributed by atoms with van der Waals surface area (Å²) in [5, 5.41) is 0. The van der Waals surface area contributed by atoms with E-state index in [0.717, 1.165) is 12.8 Å². The highest BCUT2D eigenvalue weighted by atomic mass is 16.6. The molecule has 3 nitrogen and oxygen atoms in total. The van der Waals surface area contributed by atoms with Crippen LogP contribution in [0.2, 0.25) is 0 Å². The van der Waals surface area contributed by atoms with Gasteiger partial charge in [-0.25, -0.2) is 0 Å². The van der Waals surface area contributed by atoms with E-state index in [1.54, 1.807) is 0 Å². The second-order valence-corrected chi connectivity index (χ2v) is 5.11. The Morgan fingerprint density at radius 2 is 2.21 bits per heavy atom. The van der Waals surface area contributed by atoms with Crippen molar-refractivity contribution in [3.8, 4) is 0 Å². The molecule has 0 radical (unpaired) electrons. The minimum Gasteiger partial charge on any atom is -0.444 e. The van der Waals surface area contributed by atoms with Crippen LogP contribution in [0, 0.1) is 11.3 Å². The molecule has 3 atom stereocenters. The average molecular weight is 199 g/mol. The Hall–Kier alpha value is -0.570. The van der Waals surface area contributed by atoms with Gasteiger partial charge in [-0.05, 0) is 32.1 Å². The van der Waals surface area contributed by atoms with Gasteiger partial charge in [-0.3, -0.25) is 10.5 Å². The fourth-order valence-electron chi connectivity index (χ4n) is 2.41. The molecule has 14 heavy (non-hydrogen) atoms. The third kappa shape index (κ3) is 2.08. The molecule has 0 aromatic carbocycles. The Morgan fingerprint density at radius 1 is 1.64 bits per heavy atom. The lowest BCUT2D eigenvalue weighted by Crippen LogP contribution is -2.53. The maximum atomic E-state index is 10.9. The van der Waals surface area contributed by atoms with Crippen molar-refractivity contribution in [3.05, 3.63) is 0 Å². The number of hydrogen-bond acceptors (Lipinski definition) is 3. The normalized spacial score (nSPS) is 36.5. The summed E-state index contributed by atoms with van der Waals surface area (Å²) in [6, 6.07) is 0. The van der Waals surface area contributed by atoms with E-state index in [9.17, 15) is 4.79 Å². The Kier molecular flexibility index (Phi) is 2.91. The van der Waals surface area contributed by atoms with Crippen molar-refractivity contribution in [1.82, 2.24) is 0 Å². The summed E-state index contributed by atoms with van der Waals surface area (Å²) in [6.45, 7) is 7.55. The van der Waals surface area contributed by atoms with Gasteiger partial charge in [0.15, 0.2) is 5.72 Å². The molecule has 1 fully saturated rings. The molecule has 82 valence electrons. The van der Waals surface area contributed by atoms with Crippen molar-refractivity contribution in [2.24, 2.45) is 17.1 Å². The lowest BCUT2D eigenvalue weighted by Gasteiger charge is -2.40. The summed E-state index contributed by atoms with van der Waals surface area (Å²) in [4.78, 5) is 10.9. The molecular formula is C11H21NO2. The summed E-state index contributed by atoms with van der Waals surface area (Å²) >= 11 is 0. The van der Waals surface area contributed by atoms with Crippen LogP contribution in [0.5, 0.6) is 0 Å². The van der Waals surface area contributed by atoms with E-state index in [1.807, 2.05) is 6.92 Å². The molecule has 0 spiro atoms. The molecule has 1 rings (SSSR count). The third-order valence-corrected chi connectivity index (χ3v) is 3.54. The second kappa shape index (κ2) is 3.54. The first-order valence-corrected chi connectivity index (χ1v) is 5.25. The first-order chi connectivity index (χ1) is 6.27. The van der Waals surface area contributed by atoms with E-state index in [2.05, 4.69) is 13.8 Å². The van der Waals surface area contributed by atoms with E-state index >= 15 is 0 Å². The van der Waals surface area contributed by atoms with E-state index in [4.69, 9.17) is 10.5 Å². The fourth-order valence-corrected chi connectivity index (χ4v) is 2.41. The maximum Gasteiger partial charge on any atom is 0.304 e. The summed E-state index contributed by atoms with van der Waals surface area (Å²) in [7, 11) is 0. The number of esters is 1. The number of ether oxygens (including phenoxy) is 1. The zero-order valence-corrected chi connectivity index (χ0v) is 9.59. The first-order valence-electron chi connectivity index (χ1n) is 5.25. The molecule has 0 heterocycles. The molecule has 0 aromatic heterocycles. The molecular weight excluding hydrogens is 178 g/mol. The quantitative estimate of drug-likeness (QED) is 0.547. The molecule has 2 N–H and O–H groups in total. The van der Waals surface area contributed by atoms with Crippen LogP contribution in [-0.4, -0.2) is 11.7 Å². The van der Waals surface area contributed by atoms with Gasteiger partial charge in [-0.1, -0.05) is 13.8 Å². The average Bonchev–Trinajstić information content (AvgIpc) is 2.29. The Labute approximate surface area is 86.0 Å². The Bertz CT molecular complexity index is 237. The van der Waals surface area contributed by atoms with Gasteiger partial charge in [0.05, 0.1) is 0 Å². The van der Waals surface area contributed by atoms with Crippen molar-refractivity contribution < 1.29 is 9.53 Å². The molecule has 0 amide bonds. The second-order valence-electron chi connectivity index (χ2n) is 5.11. The largest absolute Gasteiger partial charge is 0.444 e. The molecule has 0 aromatic rings. The van der Waals surface area contributed by atoms with Crippen molar-refractivity contribution >= 4 is 5.97 Å². The first kappa shape index (κ1) is 11.5. The van der Waals surface area contributed by atoms with Gasteiger partial charge in [-0.15, -0.1) is 0 Å². The highest BCUT2D eigenvalue weighted by Crippen LogP contribution is 2.47. The SMILES string of the molecule is CC(=O)OC(C)(N)C1(C)CCC(C)C1. The van der Waals surface area contributed by atoms with Crippen molar-refractivity contribution in [2.75, 3.05) is 0 Å². The molecule has 1 aliphatic rings. The van der Waals surface area contributed by atoms with Gasteiger partial charge in [0.2, 0.25) is 0 Å². The van der Waals surface area contributed by atoms with Crippen molar-refractivity contribution in [3.63, 3.8) is 0 Å². The number of nitrogens with two attached hydrogens (primary N) is 1. The van der Waals surface area contributed by atoms with Gasteiger partial charge in [0, 0.05) is 12.3 Å².